The van der Waals surface area contributed by atoms with Crippen LogP contribution in [-0.4, -0.2) is 4.21 Å². The normalized spacial score (nSPS) is 11.9. The molecule has 0 saturated carbocycles. The van der Waals surface area contributed by atoms with Gasteiger partial charge in [0.25, 0.3) is 22.2 Å². The van der Waals surface area contributed by atoms with E-state index >= 15 is 0 Å². The maximum absolute atomic E-state index is 3.23. The number of rotatable bonds is 12. The lowest BCUT2D eigenvalue weighted by Crippen LogP contribution is -2.55. The molecule has 9 aromatic rings. The molecule has 0 fully saturated rings. The zero-order valence-electron chi connectivity index (χ0n) is 32.3. The molecule has 0 spiro atoms. The molecule has 0 amide bonds. The van der Waals surface area contributed by atoms with Crippen molar-refractivity contribution in [2.75, 3.05) is 0 Å². The first-order chi connectivity index (χ1) is 28.8. The fourth-order valence-electron chi connectivity index (χ4n) is 8.67. The Bertz CT molecular complexity index is 2040. The highest BCUT2D eigenvalue weighted by Crippen LogP contribution is 2.88. The van der Waals surface area contributed by atoms with Crippen LogP contribution >= 0.6 is 22.2 Å². The third-order valence-corrected chi connectivity index (χ3v) is 26.8. The van der Waals surface area contributed by atoms with Crippen LogP contribution in [-0.2, 0) is 0 Å². The Kier molecular flexibility index (Phi) is 11.1. The second kappa shape index (κ2) is 17.0. The summed E-state index contributed by atoms with van der Waals surface area (Å²) in [6.45, 7) is 0. The SMILES string of the molecule is c1ccc([P+](c2ccccc2)(c2ccccc2)N([P+](c2ccccc2)(c2ccccc2)c2ccccc2)[P+](c2ccccc2)(c2ccccc2)c2ccccc2)cc1. The van der Waals surface area contributed by atoms with Crippen LogP contribution in [0.3, 0.4) is 0 Å². The molecule has 1 nitrogen and oxygen atoms in total. The summed E-state index contributed by atoms with van der Waals surface area (Å²) in [5.41, 5.74) is 0. The van der Waals surface area contributed by atoms with E-state index in [0.29, 0.717) is 0 Å². The molecule has 0 N–H and O–H groups in total. The molecule has 0 aliphatic heterocycles. The van der Waals surface area contributed by atoms with Gasteiger partial charge in [0, 0.05) is 0 Å². The van der Waals surface area contributed by atoms with E-state index < -0.39 is 22.2 Å². The maximum atomic E-state index is 3.23. The van der Waals surface area contributed by atoms with Crippen LogP contribution in [0.2, 0.25) is 0 Å². The van der Waals surface area contributed by atoms with E-state index in [0.717, 1.165) is 0 Å². The van der Waals surface area contributed by atoms with Gasteiger partial charge in [0.1, 0.15) is 47.7 Å². The summed E-state index contributed by atoms with van der Waals surface area (Å²) >= 11 is 0. The molecule has 0 saturated heterocycles. The van der Waals surface area contributed by atoms with E-state index in [-0.39, 0.29) is 0 Å². The van der Waals surface area contributed by atoms with Gasteiger partial charge in [0.2, 0.25) is 0 Å². The smallest absolute Gasteiger partial charge is 0.0620 e. The van der Waals surface area contributed by atoms with Crippen molar-refractivity contribution >= 4 is 70.0 Å². The van der Waals surface area contributed by atoms with Gasteiger partial charge in [-0.2, -0.15) is 0 Å². The van der Waals surface area contributed by atoms with Crippen LogP contribution in [0.4, 0.5) is 0 Å². The van der Waals surface area contributed by atoms with Crippen molar-refractivity contribution in [3.8, 4) is 0 Å². The molecule has 0 aliphatic rings. The maximum Gasteiger partial charge on any atom is 0.260 e. The summed E-state index contributed by atoms with van der Waals surface area (Å²) in [7, 11) is -8.90. The molecule has 0 heterocycles. The van der Waals surface area contributed by atoms with E-state index in [1.807, 2.05) is 0 Å². The van der Waals surface area contributed by atoms with Crippen molar-refractivity contribution in [3.63, 3.8) is 0 Å². The monoisotopic (exact) mass is 800 g/mol. The van der Waals surface area contributed by atoms with E-state index in [2.05, 4.69) is 277 Å². The predicted molar refractivity (Wildman–Crippen MR) is 257 cm³/mol. The zero-order valence-corrected chi connectivity index (χ0v) is 35.0. The van der Waals surface area contributed by atoms with E-state index in [1.54, 1.807) is 0 Å². The molecule has 0 aromatic heterocycles. The number of nitrogens with zero attached hydrogens (tertiary/aromatic N) is 1. The van der Waals surface area contributed by atoms with Gasteiger partial charge in [-0.25, -0.2) is 0 Å². The molecule has 58 heavy (non-hydrogen) atoms. The summed E-state index contributed by atoms with van der Waals surface area (Å²) in [4.78, 5) is 0. The number of hydrogen-bond acceptors (Lipinski definition) is 1. The standard InChI is InChI=1S/C54H45NP3/c1-10-28-46(29-11-1)56(47-30-12-2-13-31-47,48-32-14-3-15-33-48)55(57(49-34-16-4-17-35-49,50-36-18-5-19-37-50)51-38-20-6-21-39-51)58(52-40-22-7-23-41-52,53-42-24-8-25-43-53)54-44-26-9-27-45-54/h1-45H/q+3. The lowest BCUT2D eigenvalue weighted by molar-refractivity contribution is 1.15. The zero-order chi connectivity index (χ0) is 39.1. The van der Waals surface area contributed by atoms with Crippen LogP contribution in [0.15, 0.2) is 273 Å². The molecule has 9 rings (SSSR count). The van der Waals surface area contributed by atoms with Gasteiger partial charge in [-0.05, 0) is 109 Å². The van der Waals surface area contributed by atoms with Crippen molar-refractivity contribution in [1.29, 1.82) is 0 Å². The van der Waals surface area contributed by atoms with Crippen molar-refractivity contribution < 1.29 is 0 Å². The van der Waals surface area contributed by atoms with E-state index in [9.17, 15) is 0 Å². The average molecular weight is 801 g/mol. The van der Waals surface area contributed by atoms with Crippen LogP contribution in [0, 0.1) is 0 Å². The molecule has 0 atom stereocenters. The van der Waals surface area contributed by atoms with Gasteiger partial charge in [0.15, 0.2) is 0 Å². The van der Waals surface area contributed by atoms with Gasteiger partial charge < -0.3 is 0 Å². The summed E-state index contributed by atoms with van der Waals surface area (Å²) in [5.74, 6) is 0. The van der Waals surface area contributed by atoms with Crippen molar-refractivity contribution in [3.05, 3.63) is 273 Å². The summed E-state index contributed by atoms with van der Waals surface area (Å²) < 4.78 is 3.23. The van der Waals surface area contributed by atoms with Gasteiger partial charge >= 0.3 is 0 Å². The minimum absolute atomic E-state index is 1.31. The molecular weight excluding hydrogens is 756 g/mol. The predicted octanol–water partition coefficient (Wildman–Crippen LogP) is 10.0. The summed E-state index contributed by atoms with van der Waals surface area (Å²) in [5, 5.41) is 11.8. The largest absolute Gasteiger partial charge is 0.260 e. The molecule has 278 valence electrons. The Morgan fingerprint density at radius 1 is 0.155 bits per heavy atom. The number of benzene rings is 9. The fourth-order valence-corrected chi connectivity index (χ4v) is 29.1. The highest BCUT2D eigenvalue weighted by Gasteiger charge is 2.80. The second-order valence-electron chi connectivity index (χ2n) is 14.2. The van der Waals surface area contributed by atoms with Gasteiger partial charge in [-0.1, -0.05) is 164 Å². The lowest BCUT2D eigenvalue weighted by Gasteiger charge is -2.46. The Balaban J connectivity index is 1.68. The highest BCUT2D eigenvalue weighted by molar-refractivity contribution is 8.18. The van der Waals surface area contributed by atoms with Crippen LogP contribution in [0.25, 0.3) is 0 Å². The summed E-state index contributed by atoms with van der Waals surface area (Å²) in [6, 6.07) is 103. The molecule has 4 heteroatoms. The molecule has 0 radical (unpaired) electrons. The third-order valence-electron chi connectivity index (χ3n) is 11.0. The Morgan fingerprint density at radius 2 is 0.259 bits per heavy atom. The molecule has 9 aromatic carbocycles. The second-order valence-corrected chi connectivity index (χ2v) is 24.8. The first-order valence-electron chi connectivity index (χ1n) is 19.8. The van der Waals surface area contributed by atoms with Crippen LogP contribution in [0.5, 0.6) is 0 Å². The van der Waals surface area contributed by atoms with E-state index in [4.69, 9.17) is 0 Å². The first kappa shape index (κ1) is 37.8. The van der Waals surface area contributed by atoms with Crippen molar-refractivity contribution in [2.45, 2.75) is 0 Å². The Labute approximate surface area is 345 Å². The quantitative estimate of drug-likeness (QED) is 0.111. The molecule has 0 unspecified atom stereocenters. The topological polar surface area (TPSA) is 3.24 Å². The van der Waals surface area contributed by atoms with Crippen LogP contribution in [0.1, 0.15) is 0 Å². The van der Waals surface area contributed by atoms with Crippen LogP contribution < -0.4 is 47.7 Å². The van der Waals surface area contributed by atoms with Crippen molar-refractivity contribution in [1.82, 2.24) is 4.21 Å². The first-order valence-corrected chi connectivity index (χ1v) is 25.0. The average Bonchev–Trinajstić information content (AvgIpc) is 3.33. The minimum atomic E-state index is -2.97. The van der Waals surface area contributed by atoms with Crippen molar-refractivity contribution in [2.24, 2.45) is 0 Å². The fraction of sp³-hybridized carbons (Fsp3) is 0. The highest BCUT2D eigenvalue weighted by atomic mass is 31.3. The summed E-state index contributed by atoms with van der Waals surface area (Å²) in [6.07, 6.45) is 0. The third kappa shape index (κ3) is 6.37. The molecular formula is C54H45NP3+3. The van der Waals surface area contributed by atoms with Gasteiger partial charge in [-0.15, -0.1) is 0 Å². The lowest BCUT2D eigenvalue weighted by atomic mass is 10.4. The van der Waals surface area contributed by atoms with Gasteiger partial charge in [-0.3, -0.25) is 0 Å². The molecule has 0 aliphatic carbocycles. The minimum Gasteiger partial charge on any atom is -0.0620 e. The molecule has 0 bridgehead atoms. The Hall–Kier alpha value is -5.77. The Morgan fingerprint density at radius 3 is 0.362 bits per heavy atom. The van der Waals surface area contributed by atoms with Gasteiger partial charge in [0.05, 0.1) is 4.21 Å². The van der Waals surface area contributed by atoms with E-state index in [1.165, 1.54) is 47.7 Å². The number of hydrogen-bond donors (Lipinski definition) is 0.